The number of nitrogens with one attached hydrogen (secondary N) is 1. The number of piperidine rings is 2. The number of carbonyl (C=O) groups is 1. The molecule has 0 spiro atoms. The van der Waals surface area contributed by atoms with Crippen molar-refractivity contribution in [2.24, 2.45) is 0 Å². The van der Waals surface area contributed by atoms with Gasteiger partial charge in [-0.15, -0.1) is 0 Å². The maximum Gasteiger partial charge on any atom is 0.246 e. The van der Waals surface area contributed by atoms with Crippen LogP contribution < -0.4 is 4.90 Å². The summed E-state index contributed by atoms with van der Waals surface area (Å²) in [5.41, 5.74) is 3.27. The average molecular weight is 656 g/mol. The van der Waals surface area contributed by atoms with E-state index in [0.717, 1.165) is 63.3 Å². The Morgan fingerprint density at radius 3 is 2.56 bits per heavy atom. The Morgan fingerprint density at radius 2 is 1.84 bits per heavy atom. The lowest BCUT2D eigenvalue weighted by Gasteiger charge is -2.43. The predicted molar refractivity (Wildman–Crippen MR) is 170 cm³/mol. The van der Waals surface area contributed by atoms with Gasteiger partial charge in [0.2, 0.25) is 5.91 Å². The summed E-state index contributed by atoms with van der Waals surface area (Å²) in [6.45, 7) is 6.26. The number of aromatic amines is 1. The zero-order chi connectivity index (χ0) is 30.0. The summed E-state index contributed by atoms with van der Waals surface area (Å²) >= 11 is 3.16. The van der Waals surface area contributed by atoms with Crippen LogP contribution in [-0.2, 0) is 9.53 Å². The topological polar surface area (TPSA) is 92.3 Å². The minimum atomic E-state index is -1.22. The lowest BCUT2D eigenvalue weighted by molar-refractivity contribution is -0.140. The summed E-state index contributed by atoms with van der Waals surface area (Å²) in [5.74, 6) is -0.0638. The molecule has 2 aromatic carbocycles. The highest BCUT2D eigenvalue weighted by molar-refractivity contribution is 9.10. The lowest BCUT2D eigenvalue weighted by Crippen LogP contribution is -2.56. The van der Waals surface area contributed by atoms with E-state index in [4.69, 9.17) is 4.74 Å². The van der Waals surface area contributed by atoms with Gasteiger partial charge in [0.25, 0.3) is 0 Å². The largest absolute Gasteiger partial charge is 0.389 e. The third-order valence-corrected chi connectivity index (χ3v) is 10.1. The van der Waals surface area contributed by atoms with Crippen LogP contribution in [0, 0.1) is 5.82 Å². The smallest absolute Gasteiger partial charge is 0.246 e. The Morgan fingerprint density at radius 1 is 1.09 bits per heavy atom. The second-order valence-corrected chi connectivity index (χ2v) is 13.0. The Bertz CT molecular complexity index is 1460. The highest BCUT2D eigenvalue weighted by atomic mass is 79.9. The van der Waals surface area contributed by atoms with E-state index >= 15 is 0 Å². The molecule has 3 aliphatic heterocycles. The van der Waals surface area contributed by atoms with Gasteiger partial charge in [0, 0.05) is 61.6 Å². The molecule has 1 unspecified atom stereocenters. The molecule has 3 N–H and O–H groups in total. The number of anilines is 1. The number of carbonyl (C=O) groups excluding carboxylic acids is 1. The Hall–Kier alpha value is -2.76. The summed E-state index contributed by atoms with van der Waals surface area (Å²) in [4.78, 5) is 22.5. The van der Waals surface area contributed by atoms with Gasteiger partial charge in [-0.05, 0) is 108 Å². The molecule has 6 rings (SSSR count). The van der Waals surface area contributed by atoms with Crippen LogP contribution >= 0.6 is 15.9 Å². The number of nitrogens with zero attached hydrogens (tertiary/aromatic N) is 3. The number of fused-ring (bicyclic) bond motifs is 1. The van der Waals surface area contributed by atoms with Gasteiger partial charge >= 0.3 is 0 Å². The number of amides is 1. The van der Waals surface area contributed by atoms with Gasteiger partial charge in [0.1, 0.15) is 5.82 Å². The summed E-state index contributed by atoms with van der Waals surface area (Å²) in [7, 11) is 0. The number of halogens is 2. The molecule has 3 aromatic rings. The molecular formula is C33H40BrFN4O4. The van der Waals surface area contributed by atoms with Gasteiger partial charge in [-0.25, -0.2) is 4.39 Å². The molecule has 43 heavy (non-hydrogen) atoms. The zero-order valence-corrected chi connectivity index (χ0v) is 25.9. The molecular weight excluding hydrogens is 615 g/mol. The molecule has 1 atom stereocenters. The van der Waals surface area contributed by atoms with Gasteiger partial charge < -0.3 is 34.6 Å². The fraction of sp³-hybridized carbons (Fsp3) is 0.485. The standard InChI is InChI=1S/C33H40BrFN4O4/c34-28-19-23(1-4-29(28)35)2-6-32(41)39-13-9-33(42,10-14-39)31(40)22-37-11-7-24(8-12-37)27-21-36-30-5-3-25(20-26(27)30)38-15-17-43-18-16-38/h1-6,19-21,24,31,36,40,42H,7-18,22H2. The van der Waals surface area contributed by atoms with Gasteiger partial charge in [0.15, 0.2) is 0 Å². The van der Waals surface area contributed by atoms with Crippen LogP contribution in [0.4, 0.5) is 10.1 Å². The molecule has 3 saturated heterocycles. The fourth-order valence-corrected chi connectivity index (χ4v) is 7.06. The fourth-order valence-electron chi connectivity index (χ4n) is 6.66. The van der Waals surface area contributed by atoms with Gasteiger partial charge in [0.05, 0.1) is 29.4 Å². The number of ether oxygens (including phenoxy) is 1. The zero-order valence-electron chi connectivity index (χ0n) is 24.4. The highest BCUT2D eigenvalue weighted by Crippen LogP contribution is 2.36. The molecule has 0 saturated carbocycles. The normalized spacial score (nSPS) is 21.1. The first kappa shape index (κ1) is 30.3. The minimum absolute atomic E-state index is 0.159. The Balaban J connectivity index is 0.994. The number of likely N-dealkylation sites (tertiary alicyclic amines) is 2. The number of hydrogen-bond donors (Lipinski definition) is 3. The maximum atomic E-state index is 13.5. The monoisotopic (exact) mass is 654 g/mol. The number of morpholine rings is 1. The van der Waals surface area contributed by atoms with Crippen molar-refractivity contribution >= 4 is 44.5 Å². The van der Waals surface area contributed by atoms with Crippen molar-refractivity contribution in [3.63, 3.8) is 0 Å². The molecule has 4 heterocycles. The van der Waals surface area contributed by atoms with Crippen LogP contribution in [0.2, 0.25) is 0 Å². The predicted octanol–water partition coefficient (Wildman–Crippen LogP) is 4.51. The minimum Gasteiger partial charge on any atom is -0.389 e. The number of rotatable bonds is 7. The molecule has 1 aromatic heterocycles. The van der Waals surface area contributed by atoms with Crippen molar-refractivity contribution in [1.82, 2.24) is 14.8 Å². The lowest BCUT2D eigenvalue weighted by atomic mass is 9.84. The van der Waals surface area contributed by atoms with Gasteiger partial charge in [-0.3, -0.25) is 4.79 Å². The number of β-amino-alcohol motifs (C(OH)–C–C–N with tert-alkyl or cyclic N) is 1. The van der Waals surface area contributed by atoms with E-state index in [9.17, 15) is 19.4 Å². The highest BCUT2D eigenvalue weighted by Gasteiger charge is 2.40. The van der Waals surface area contributed by atoms with Crippen LogP contribution in [-0.4, -0.2) is 102 Å². The summed E-state index contributed by atoms with van der Waals surface area (Å²) < 4.78 is 19.3. The Labute approximate surface area is 260 Å². The van der Waals surface area contributed by atoms with E-state index in [1.54, 1.807) is 23.1 Å². The molecule has 0 radical (unpaired) electrons. The molecule has 8 nitrogen and oxygen atoms in total. The van der Waals surface area contributed by atoms with E-state index in [2.05, 4.69) is 55.1 Å². The number of benzene rings is 2. The van der Waals surface area contributed by atoms with Crippen molar-refractivity contribution in [3.05, 3.63) is 70.1 Å². The molecule has 3 aliphatic rings. The average Bonchev–Trinajstić information content (AvgIpc) is 3.46. The second-order valence-electron chi connectivity index (χ2n) is 12.1. The molecule has 0 bridgehead atoms. The van der Waals surface area contributed by atoms with Crippen LogP contribution in [0.1, 0.15) is 42.7 Å². The quantitative estimate of drug-likeness (QED) is 0.325. The number of aromatic nitrogens is 1. The van der Waals surface area contributed by atoms with E-state index in [-0.39, 0.29) is 11.7 Å². The van der Waals surface area contributed by atoms with E-state index < -0.39 is 11.7 Å². The van der Waals surface area contributed by atoms with Gasteiger partial charge in [-0.1, -0.05) is 6.07 Å². The van der Waals surface area contributed by atoms with Crippen molar-refractivity contribution in [3.8, 4) is 0 Å². The molecule has 0 aliphatic carbocycles. The molecule has 3 fully saturated rings. The number of hydrogen-bond acceptors (Lipinski definition) is 6. The van der Waals surface area contributed by atoms with Crippen LogP contribution in [0.15, 0.2) is 53.1 Å². The summed E-state index contributed by atoms with van der Waals surface area (Å²) in [5, 5.41) is 23.7. The first-order chi connectivity index (χ1) is 20.8. The number of aliphatic hydroxyl groups excluding tert-OH is 1. The third kappa shape index (κ3) is 6.83. The molecule has 230 valence electrons. The van der Waals surface area contributed by atoms with Crippen molar-refractivity contribution in [1.29, 1.82) is 0 Å². The van der Waals surface area contributed by atoms with E-state index in [1.165, 1.54) is 28.8 Å². The first-order valence-corrected chi connectivity index (χ1v) is 16.1. The Kier molecular flexibility index (Phi) is 9.21. The third-order valence-electron chi connectivity index (χ3n) is 9.46. The van der Waals surface area contributed by atoms with Crippen LogP contribution in [0.5, 0.6) is 0 Å². The SMILES string of the molecule is O=C(C=Cc1ccc(F)c(Br)c1)N1CCC(O)(C(O)CN2CCC(c3c[nH]c4ccc(N5CCOCC5)cc34)CC2)CC1. The van der Waals surface area contributed by atoms with Crippen molar-refractivity contribution < 1.29 is 24.1 Å². The number of aliphatic hydroxyl groups is 2. The summed E-state index contributed by atoms with van der Waals surface area (Å²) in [6.07, 6.45) is 7.07. The van der Waals surface area contributed by atoms with E-state index in [1.807, 2.05) is 0 Å². The maximum absolute atomic E-state index is 13.5. The van der Waals surface area contributed by atoms with Crippen molar-refractivity contribution in [2.75, 3.05) is 63.9 Å². The molecule has 1 amide bonds. The first-order valence-electron chi connectivity index (χ1n) is 15.3. The van der Waals surface area contributed by atoms with Crippen LogP contribution in [0.25, 0.3) is 17.0 Å². The summed E-state index contributed by atoms with van der Waals surface area (Å²) in [6, 6.07) is 11.3. The van der Waals surface area contributed by atoms with Crippen LogP contribution in [0.3, 0.4) is 0 Å². The molecule has 10 heteroatoms. The van der Waals surface area contributed by atoms with Gasteiger partial charge in [-0.2, -0.15) is 0 Å². The number of H-pyrrole nitrogens is 1. The second kappa shape index (κ2) is 13.1. The van der Waals surface area contributed by atoms with E-state index in [0.29, 0.717) is 42.9 Å². The van der Waals surface area contributed by atoms with Crippen molar-refractivity contribution in [2.45, 2.75) is 43.3 Å².